The van der Waals surface area contributed by atoms with Crippen LogP contribution in [0.25, 0.3) is 0 Å². The molecule has 0 saturated carbocycles. The standard InChI is InChI=1S/C16H21N3O/c1-3-6-12-7-4-8-13(11-12)15(19-17)14-9-5-10-18-16(14)20-2/h4-5,7-11,15,19H,3,6,17H2,1-2H3. The van der Waals surface area contributed by atoms with E-state index in [-0.39, 0.29) is 6.04 Å². The third kappa shape index (κ3) is 3.15. The van der Waals surface area contributed by atoms with Crippen LogP contribution in [0.4, 0.5) is 0 Å². The smallest absolute Gasteiger partial charge is 0.218 e. The van der Waals surface area contributed by atoms with Crippen LogP contribution in [-0.2, 0) is 6.42 Å². The zero-order valence-corrected chi connectivity index (χ0v) is 12.0. The Morgan fingerprint density at radius 3 is 2.85 bits per heavy atom. The maximum atomic E-state index is 5.75. The molecule has 0 fully saturated rings. The molecule has 20 heavy (non-hydrogen) atoms. The number of aromatic nitrogens is 1. The van der Waals surface area contributed by atoms with Crippen LogP contribution in [0.3, 0.4) is 0 Å². The summed E-state index contributed by atoms with van der Waals surface area (Å²) >= 11 is 0. The molecule has 1 aromatic heterocycles. The fourth-order valence-electron chi connectivity index (χ4n) is 2.38. The summed E-state index contributed by atoms with van der Waals surface area (Å²) in [6, 6.07) is 12.2. The van der Waals surface area contributed by atoms with Crippen molar-refractivity contribution < 1.29 is 4.74 Å². The van der Waals surface area contributed by atoms with E-state index in [1.807, 2.05) is 12.1 Å². The third-order valence-electron chi connectivity index (χ3n) is 3.29. The van der Waals surface area contributed by atoms with Crippen molar-refractivity contribution in [3.63, 3.8) is 0 Å². The number of rotatable bonds is 6. The Kier molecular flexibility index (Phi) is 5.09. The molecular weight excluding hydrogens is 250 g/mol. The van der Waals surface area contributed by atoms with Gasteiger partial charge in [0.05, 0.1) is 13.2 Å². The molecule has 4 heteroatoms. The van der Waals surface area contributed by atoms with Gasteiger partial charge >= 0.3 is 0 Å². The molecule has 1 heterocycles. The number of hydrazine groups is 1. The topological polar surface area (TPSA) is 60.2 Å². The maximum Gasteiger partial charge on any atom is 0.218 e. The lowest BCUT2D eigenvalue weighted by Gasteiger charge is -2.19. The van der Waals surface area contributed by atoms with Gasteiger partial charge in [-0.05, 0) is 23.6 Å². The lowest BCUT2D eigenvalue weighted by molar-refractivity contribution is 0.387. The minimum Gasteiger partial charge on any atom is -0.481 e. The second-order valence-electron chi connectivity index (χ2n) is 4.70. The third-order valence-corrected chi connectivity index (χ3v) is 3.29. The number of nitrogens with one attached hydrogen (secondary N) is 1. The van der Waals surface area contributed by atoms with Crippen molar-refractivity contribution in [1.82, 2.24) is 10.4 Å². The first-order chi connectivity index (χ1) is 9.80. The molecule has 0 spiro atoms. The lowest BCUT2D eigenvalue weighted by atomic mass is 9.97. The number of nitrogens with zero attached hydrogens (tertiary/aromatic N) is 1. The summed E-state index contributed by atoms with van der Waals surface area (Å²) in [5.41, 5.74) is 6.22. The second-order valence-corrected chi connectivity index (χ2v) is 4.70. The van der Waals surface area contributed by atoms with E-state index in [1.165, 1.54) is 5.56 Å². The van der Waals surface area contributed by atoms with Crippen molar-refractivity contribution in [3.8, 4) is 5.88 Å². The Labute approximate surface area is 120 Å². The Morgan fingerprint density at radius 2 is 2.15 bits per heavy atom. The van der Waals surface area contributed by atoms with Gasteiger partial charge in [0.15, 0.2) is 0 Å². The van der Waals surface area contributed by atoms with Crippen LogP contribution in [0.1, 0.15) is 36.1 Å². The normalized spacial score (nSPS) is 12.2. The SMILES string of the molecule is CCCc1cccc(C(NN)c2cccnc2OC)c1. The molecule has 106 valence electrons. The summed E-state index contributed by atoms with van der Waals surface area (Å²) in [6.07, 6.45) is 3.90. The van der Waals surface area contributed by atoms with Crippen LogP contribution in [0.15, 0.2) is 42.6 Å². The van der Waals surface area contributed by atoms with E-state index in [1.54, 1.807) is 13.3 Å². The molecule has 0 aliphatic rings. The zero-order chi connectivity index (χ0) is 14.4. The molecular formula is C16H21N3O. The molecule has 0 aliphatic carbocycles. The number of pyridine rings is 1. The molecule has 0 amide bonds. The molecule has 2 rings (SSSR count). The van der Waals surface area contributed by atoms with E-state index in [2.05, 4.69) is 41.6 Å². The molecule has 1 unspecified atom stereocenters. The first-order valence-corrected chi connectivity index (χ1v) is 6.84. The molecule has 2 aromatic rings. The van der Waals surface area contributed by atoms with Gasteiger partial charge in [-0.1, -0.05) is 43.7 Å². The largest absolute Gasteiger partial charge is 0.481 e. The number of nitrogens with two attached hydrogens (primary N) is 1. The molecule has 1 atom stereocenters. The maximum absolute atomic E-state index is 5.75. The quantitative estimate of drug-likeness (QED) is 0.626. The molecule has 0 bridgehead atoms. The van der Waals surface area contributed by atoms with Crippen LogP contribution in [0, 0.1) is 0 Å². The first-order valence-electron chi connectivity index (χ1n) is 6.84. The first kappa shape index (κ1) is 14.5. The van der Waals surface area contributed by atoms with Gasteiger partial charge in [-0.2, -0.15) is 0 Å². The van der Waals surface area contributed by atoms with Gasteiger partial charge < -0.3 is 4.74 Å². The number of ether oxygens (including phenoxy) is 1. The van der Waals surface area contributed by atoms with E-state index in [9.17, 15) is 0 Å². The molecule has 1 aromatic carbocycles. The second kappa shape index (κ2) is 7.03. The Bertz CT molecular complexity index is 557. The minimum atomic E-state index is -0.129. The van der Waals surface area contributed by atoms with Crippen LogP contribution in [-0.4, -0.2) is 12.1 Å². The van der Waals surface area contributed by atoms with Gasteiger partial charge in [-0.25, -0.2) is 10.4 Å². The molecule has 0 saturated heterocycles. The zero-order valence-electron chi connectivity index (χ0n) is 12.0. The summed E-state index contributed by atoms with van der Waals surface area (Å²) < 4.78 is 5.32. The van der Waals surface area contributed by atoms with Gasteiger partial charge in [0.1, 0.15) is 0 Å². The van der Waals surface area contributed by atoms with Crippen molar-refractivity contribution in [2.24, 2.45) is 5.84 Å². The van der Waals surface area contributed by atoms with Crippen LogP contribution < -0.4 is 16.0 Å². The number of hydrogen-bond donors (Lipinski definition) is 2. The Hall–Kier alpha value is -1.91. The number of benzene rings is 1. The van der Waals surface area contributed by atoms with E-state index in [4.69, 9.17) is 10.6 Å². The molecule has 4 nitrogen and oxygen atoms in total. The van der Waals surface area contributed by atoms with Crippen molar-refractivity contribution in [2.75, 3.05) is 7.11 Å². The highest BCUT2D eigenvalue weighted by molar-refractivity contribution is 5.38. The van der Waals surface area contributed by atoms with Crippen molar-refractivity contribution in [1.29, 1.82) is 0 Å². The lowest BCUT2D eigenvalue weighted by Crippen LogP contribution is -2.29. The fraction of sp³-hybridized carbons (Fsp3) is 0.312. The highest BCUT2D eigenvalue weighted by Gasteiger charge is 2.17. The summed E-state index contributed by atoms with van der Waals surface area (Å²) in [5.74, 6) is 6.34. The number of aryl methyl sites for hydroxylation is 1. The number of hydrogen-bond acceptors (Lipinski definition) is 4. The summed E-state index contributed by atoms with van der Waals surface area (Å²) in [6.45, 7) is 2.18. The van der Waals surface area contributed by atoms with Crippen LogP contribution >= 0.6 is 0 Å². The van der Waals surface area contributed by atoms with E-state index >= 15 is 0 Å². The summed E-state index contributed by atoms with van der Waals surface area (Å²) in [5, 5.41) is 0. The fourth-order valence-corrected chi connectivity index (χ4v) is 2.38. The summed E-state index contributed by atoms with van der Waals surface area (Å²) in [4.78, 5) is 4.23. The average molecular weight is 271 g/mol. The van der Waals surface area contributed by atoms with Gasteiger partial charge in [0.2, 0.25) is 5.88 Å². The predicted octanol–water partition coefficient (Wildman–Crippen LogP) is 2.60. The van der Waals surface area contributed by atoms with Crippen LogP contribution in [0.5, 0.6) is 5.88 Å². The summed E-state index contributed by atoms with van der Waals surface area (Å²) in [7, 11) is 1.62. The van der Waals surface area contributed by atoms with E-state index in [0.29, 0.717) is 5.88 Å². The van der Waals surface area contributed by atoms with Gasteiger partial charge in [0.25, 0.3) is 0 Å². The van der Waals surface area contributed by atoms with Gasteiger partial charge in [0, 0.05) is 11.8 Å². The number of methoxy groups -OCH3 is 1. The highest BCUT2D eigenvalue weighted by atomic mass is 16.5. The highest BCUT2D eigenvalue weighted by Crippen LogP contribution is 2.28. The Balaban J connectivity index is 2.39. The molecule has 0 radical (unpaired) electrons. The monoisotopic (exact) mass is 271 g/mol. The van der Waals surface area contributed by atoms with Gasteiger partial charge in [-0.3, -0.25) is 5.84 Å². The van der Waals surface area contributed by atoms with Crippen molar-refractivity contribution >= 4 is 0 Å². The predicted molar refractivity (Wildman–Crippen MR) is 80.4 cm³/mol. The van der Waals surface area contributed by atoms with E-state index < -0.39 is 0 Å². The Morgan fingerprint density at radius 1 is 1.30 bits per heavy atom. The minimum absolute atomic E-state index is 0.129. The molecule has 3 N–H and O–H groups in total. The van der Waals surface area contributed by atoms with Gasteiger partial charge in [-0.15, -0.1) is 0 Å². The van der Waals surface area contributed by atoms with Crippen molar-refractivity contribution in [2.45, 2.75) is 25.8 Å². The van der Waals surface area contributed by atoms with Crippen molar-refractivity contribution in [3.05, 3.63) is 59.3 Å². The van der Waals surface area contributed by atoms with E-state index in [0.717, 1.165) is 24.0 Å². The van der Waals surface area contributed by atoms with Crippen LogP contribution in [0.2, 0.25) is 0 Å². The molecule has 0 aliphatic heterocycles. The average Bonchev–Trinajstić information content (AvgIpc) is 2.49.